The molecule has 9 heteroatoms. The summed E-state index contributed by atoms with van der Waals surface area (Å²) < 4.78 is 29.5. The number of hydrogen-bond acceptors (Lipinski definition) is 5. The fourth-order valence-electron chi connectivity index (χ4n) is 2.40. The Morgan fingerprint density at radius 1 is 1.00 bits per heavy atom. The van der Waals surface area contributed by atoms with Crippen molar-refractivity contribution in [3.8, 4) is 16.9 Å². The second-order valence-electron chi connectivity index (χ2n) is 5.60. The molecule has 0 saturated heterocycles. The Morgan fingerprint density at radius 2 is 1.63 bits per heavy atom. The fraction of sp³-hybridized carbons (Fsp3) is 0.222. The van der Waals surface area contributed by atoms with E-state index in [9.17, 15) is 18.0 Å². The van der Waals surface area contributed by atoms with E-state index in [0.29, 0.717) is 11.3 Å². The van der Waals surface area contributed by atoms with Gasteiger partial charge in [0.2, 0.25) is 10.0 Å². The number of carbonyl (C=O) groups excluding carboxylic acids is 2. The molecular weight excluding hydrogens is 370 g/mol. The van der Waals surface area contributed by atoms with Gasteiger partial charge in [0, 0.05) is 18.2 Å². The van der Waals surface area contributed by atoms with E-state index in [1.807, 2.05) is 24.3 Å². The Bertz CT molecular complexity index is 928. The van der Waals surface area contributed by atoms with E-state index in [4.69, 9.17) is 4.74 Å². The van der Waals surface area contributed by atoms with Gasteiger partial charge in [0.15, 0.2) is 0 Å². The number of ether oxygens (including phenoxy) is 1. The molecule has 27 heavy (non-hydrogen) atoms. The van der Waals surface area contributed by atoms with Crippen LogP contribution in [0.3, 0.4) is 0 Å². The first kappa shape index (κ1) is 20.2. The van der Waals surface area contributed by atoms with Crippen molar-refractivity contribution in [3.05, 3.63) is 54.1 Å². The minimum atomic E-state index is -3.61. The Kier molecular flexibility index (Phi) is 6.78. The van der Waals surface area contributed by atoms with Gasteiger partial charge in [-0.05, 0) is 17.7 Å². The lowest BCUT2D eigenvalue weighted by atomic mass is 9.98. The smallest absolute Gasteiger partial charge is 0.328 e. The molecule has 0 atom stereocenters. The van der Waals surface area contributed by atoms with Gasteiger partial charge >= 0.3 is 6.03 Å². The van der Waals surface area contributed by atoms with Gasteiger partial charge in [-0.2, -0.15) is 0 Å². The van der Waals surface area contributed by atoms with Gasteiger partial charge in [0.05, 0.1) is 12.8 Å². The Morgan fingerprint density at radius 3 is 2.30 bits per heavy atom. The number of sulfonamides is 1. The van der Waals surface area contributed by atoms with E-state index < -0.39 is 16.1 Å². The van der Waals surface area contributed by atoms with Crippen LogP contribution in [0.4, 0.5) is 4.79 Å². The quantitative estimate of drug-likeness (QED) is 0.617. The van der Waals surface area contributed by atoms with Crippen LogP contribution in [0.15, 0.2) is 48.5 Å². The molecule has 3 N–H and O–H groups in total. The Balaban J connectivity index is 2.09. The molecule has 0 aromatic heterocycles. The van der Waals surface area contributed by atoms with Crippen LogP contribution < -0.4 is 20.1 Å². The number of carbonyl (C=O) groups is 2. The second kappa shape index (κ2) is 9.04. The lowest BCUT2D eigenvalue weighted by Gasteiger charge is -2.14. The molecule has 0 aliphatic rings. The average Bonchev–Trinajstić information content (AvgIpc) is 2.63. The van der Waals surface area contributed by atoms with E-state index in [0.717, 1.165) is 17.4 Å². The number of hydrogen-bond donors (Lipinski definition) is 3. The number of rotatable bonds is 7. The summed E-state index contributed by atoms with van der Waals surface area (Å²) in [4.78, 5) is 23.5. The van der Waals surface area contributed by atoms with E-state index in [-0.39, 0.29) is 19.1 Å². The minimum Gasteiger partial charge on any atom is -0.491 e. The lowest BCUT2D eigenvalue weighted by molar-refractivity contribution is 0.0963. The van der Waals surface area contributed by atoms with Crippen molar-refractivity contribution in [3.63, 3.8) is 0 Å². The standard InChI is InChI=1S/C18H21N3O5S/c1-19-17(22)15-9-4-3-7-13(15)14-8-5-6-10-16(14)26-12-11-20-18(23)21-27(2,24)25/h3-10H,11-12H2,1-2H3,(H,19,22)(H2,20,21,23). The summed E-state index contributed by atoms with van der Waals surface area (Å²) >= 11 is 0. The molecule has 0 spiro atoms. The van der Waals surface area contributed by atoms with Crippen LogP contribution in [0, 0.1) is 0 Å². The van der Waals surface area contributed by atoms with E-state index >= 15 is 0 Å². The average molecular weight is 391 g/mol. The summed E-state index contributed by atoms with van der Waals surface area (Å²) in [5.41, 5.74) is 1.97. The lowest BCUT2D eigenvalue weighted by Crippen LogP contribution is -2.40. The molecular formula is C18H21N3O5S. The van der Waals surface area contributed by atoms with Gasteiger partial charge in [-0.1, -0.05) is 36.4 Å². The SMILES string of the molecule is CNC(=O)c1ccccc1-c1ccccc1OCCNC(=O)NS(C)(=O)=O. The van der Waals surface area contributed by atoms with Crippen LogP contribution in [0.25, 0.3) is 11.1 Å². The molecule has 144 valence electrons. The molecule has 8 nitrogen and oxygen atoms in total. The molecule has 0 unspecified atom stereocenters. The first-order valence-electron chi connectivity index (χ1n) is 8.11. The number of nitrogens with one attached hydrogen (secondary N) is 3. The zero-order chi connectivity index (χ0) is 19.9. The van der Waals surface area contributed by atoms with E-state index in [1.165, 1.54) is 0 Å². The Hall–Kier alpha value is -3.07. The van der Waals surface area contributed by atoms with Gasteiger partial charge in [-0.25, -0.2) is 17.9 Å². The van der Waals surface area contributed by atoms with Gasteiger partial charge in [-0.3, -0.25) is 4.79 Å². The molecule has 0 radical (unpaired) electrons. The zero-order valence-electron chi connectivity index (χ0n) is 15.0. The molecule has 3 amide bonds. The monoisotopic (exact) mass is 391 g/mol. The Labute approximate surface area is 158 Å². The van der Waals surface area contributed by atoms with Crippen molar-refractivity contribution in [2.45, 2.75) is 0 Å². The molecule has 0 aliphatic carbocycles. The van der Waals surface area contributed by atoms with Crippen LogP contribution in [0.2, 0.25) is 0 Å². The number of urea groups is 1. The summed E-state index contributed by atoms with van der Waals surface area (Å²) in [6, 6.07) is 13.6. The molecule has 0 saturated carbocycles. The van der Waals surface area contributed by atoms with Crippen LogP contribution >= 0.6 is 0 Å². The minimum absolute atomic E-state index is 0.104. The number of amides is 3. The van der Waals surface area contributed by atoms with Gasteiger partial charge in [0.1, 0.15) is 12.4 Å². The fourth-order valence-corrected chi connectivity index (χ4v) is 2.80. The highest BCUT2D eigenvalue weighted by Crippen LogP contribution is 2.32. The number of para-hydroxylation sites is 1. The van der Waals surface area contributed by atoms with Crippen molar-refractivity contribution in [1.29, 1.82) is 0 Å². The normalized spacial score (nSPS) is 10.7. The largest absolute Gasteiger partial charge is 0.491 e. The summed E-state index contributed by atoms with van der Waals surface area (Å²) in [6.07, 6.45) is 0.892. The maximum Gasteiger partial charge on any atom is 0.328 e. The van der Waals surface area contributed by atoms with Gasteiger partial charge < -0.3 is 15.4 Å². The molecule has 0 heterocycles. The highest BCUT2D eigenvalue weighted by atomic mass is 32.2. The highest BCUT2D eigenvalue weighted by Gasteiger charge is 2.14. The third-order valence-corrected chi connectivity index (χ3v) is 4.06. The summed E-state index contributed by atoms with van der Waals surface area (Å²) in [5, 5.41) is 5.00. The molecule has 2 aromatic rings. The first-order valence-corrected chi connectivity index (χ1v) is 10.00. The molecule has 0 aliphatic heterocycles. The second-order valence-corrected chi connectivity index (χ2v) is 7.35. The zero-order valence-corrected chi connectivity index (χ0v) is 15.8. The van der Waals surface area contributed by atoms with Crippen LogP contribution in [-0.2, 0) is 10.0 Å². The topological polar surface area (TPSA) is 114 Å². The summed E-state index contributed by atoms with van der Waals surface area (Å²) in [7, 11) is -2.05. The third kappa shape index (κ3) is 6.00. The maximum absolute atomic E-state index is 12.1. The third-order valence-electron chi connectivity index (χ3n) is 3.50. The highest BCUT2D eigenvalue weighted by molar-refractivity contribution is 7.89. The van der Waals surface area contributed by atoms with Crippen molar-refractivity contribution in [2.24, 2.45) is 0 Å². The predicted molar refractivity (Wildman–Crippen MR) is 102 cm³/mol. The van der Waals surface area contributed by atoms with Crippen molar-refractivity contribution >= 4 is 22.0 Å². The van der Waals surface area contributed by atoms with Crippen molar-refractivity contribution in [1.82, 2.24) is 15.4 Å². The molecule has 2 aromatic carbocycles. The van der Waals surface area contributed by atoms with Crippen LogP contribution in [0.1, 0.15) is 10.4 Å². The molecule has 2 rings (SSSR count). The van der Waals surface area contributed by atoms with Crippen LogP contribution in [-0.4, -0.2) is 46.8 Å². The van der Waals surface area contributed by atoms with Crippen LogP contribution in [0.5, 0.6) is 5.75 Å². The molecule has 0 fully saturated rings. The van der Waals surface area contributed by atoms with Gasteiger partial charge in [-0.15, -0.1) is 0 Å². The summed E-state index contributed by atoms with van der Waals surface area (Å²) in [5.74, 6) is 0.332. The van der Waals surface area contributed by atoms with Crippen molar-refractivity contribution in [2.75, 3.05) is 26.5 Å². The number of benzene rings is 2. The van der Waals surface area contributed by atoms with E-state index in [1.54, 1.807) is 36.0 Å². The summed E-state index contributed by atoms with van der Waals surface area (Å²) in [6.45, 7) is 0.225. The van der Waals surface area contributed by atoms with Gasteiger partial charge in [0.25, 0.3) is 5.91 Å². The maximum atomic E-state index is 12.1. The van der Waals surface area contributed by atoms with E-state index in [2.05, 4.69) is 10.6 Å². The predicted octanol–water partition coefficient (Wildman–Crippen LogP) is 1.35. The van der Waals surface area contributed by atoms with Crippen molar-refractivity contribution < 1.29 is 22.7 Å². The first-order chi connectivity index (χ1) is 12.8. The molecule has 0 bridgehead atoms.